The van der Waals surface area contributed by atoms with Gasteiger partial charge in [0.1, 0.15) is 11.2 Å². The molecule has 2 aromatic heterocycles. The number of aromatic amines is 1. The molecule has 7 heteroatoms. The first-order valence-corrected chi connectivity index (χ1v) is 5.92. The minimum atomic E-state index is 0.175. The van der Waals surface area contributed by atoms with Crippen molar-refractivity contribution >= 4 is 17.1 Å². The highest BCUT2D eigenvalue weighted by Gasteiger charge is 2.13. The van der Waals surface area contributed by atoms with Crippen LogP contribution in [0.15, 0.2) is 24.5 Å². The molecule has 7 nitrogen and oxygen atoms in total. The molecule has 2 heterocycles. The Morgan fingerprint density at radius 1 is 1.10 bits per heavy atom. The number of anilines is 1. The number of fused-ring (bicyclic) bond motifs is 1. The zero-order valence-corrected chi connectivity index (χ0v) is 11.0. The van der Waals surface area contributed by atoms with Crippen LogP contribution in [0.25, 0.3) is 22.4 Å². The average Bonchev–Trinajstić information content (AvgIpc) is 2.93. The van der Waals surface area contributed by atoms with Gasteiger partial charge in [0.2, 0.25) is 5.95 Å². The van der Waals surface area contributed by atoms with E-state index >= 15 is 0 Å². The summed E-state index contributed by atoms with van der Waals surface area (Å²) in [7, 11) is 3.18. The maximum absolute atomic E-state index is 5.72. The van der Waals surface area contributed by atoms with Crippen LogP contribution in [-0.4, -0.2) is 34.2 Å². The fraction of sp³-hybridized carbons (Fsp3) is 0.154. The van der Waals surface area contributed by atoms with Gasteiger partial charge in [-0.15, -0.1) is 0 Å². The van der Waals surface area contributed by atoms with E-state index in [0.29, 0.717) is 22.8 Å². The Bertz CT molecular complexity index is 769. The van der Waals surface area contributed by atoms with Gasteiger partial charge in [-0.1, -0.05) is 0 Å². The molecule has 1 aromatic carbocycles. The minimum Gasteiger partial charge on any atom is -0.493 e. The molecule has 0 aliphatic carbocycles. The molecule has 20 heavy (non-hydrogen) atoms. The molecule has 3 aromatic rings. The van der Waals surface area contributed by atoms with Crippen molar-refractivity contribution < 1.29 is 9.47 Å². The Labute approximate surface area is 114 Å². The number of aromatic nitrogens is 4. The molecule has 0 atom stereocenters. The maximum Gasteiger partial charge on any atom is 0.222 e. The summed E-state index contributed by atoms with van der Waals surface area (Å²) >= 11 is 0. The van der Waals surface area contributed by atoms with Gasteiger partial charge in [-0.05, 0) is 18.2 Å². The van der Waals surface area contributed by atoms with Gasteiger partial charge in [-0.2, -0.15) is 4.98 Å². The molecule has 0 bridgehead atoms. The van der Waals surface area contributed by atoms with Gasteiger partial charge >= 0.3 is 0 Å². The standard InChI is InChI=1S/C13H13N5O2/c1-19-8-4-3-7(5-9(8)20-2)10-11-12(16-6-15-11)18-13(14)17-10/h3-6H,1-2H3,(H3,14,15,16,17,18). The summed E-state index contributed by atoms with van der Waals surface area (Å²) in [5.41, 5.74) is 8.48. The van der Waals surface area contributed by atoms with Crippen LogP contribution >= 0.6 is 0 Å². The SMILES string of the molecule is COc1ccc(-c2nc(N)nc3nc[nH]c23)cc1OC. The van der Waals surface area contributed by atoms with E-state index in [1.807, 2.05) is 18.2 Å². The lowest BCUT2D eigenvalue weighted by atomic mass is 10.1. The first kappa shape index (κ1) is 12.2. The van der Waals surface area contributed by atoms with Crippen molar-refractivity contribution in [3.63, 3.8) is 0 Å². The molecule has 0 saturated carbocycles. The largest absolute Gasteiger partial charge is 0.493 e. The van der Waals surface area contributed by atoms with Crippen molar-refractivity contribution in [3.8, 4) is 22.8 Å². The quantitative estimate of drug-likeness (QED) is 0.751. The van der Waals surface area contributed by atoms with E-state index in [4.69, 9.17) is 15.2 Å². The van der Waals surface area contributed by atoms with E-state index in [-0.39, 0.29) is 5.95 Å². The highest BCUT2D eigenvalue weighted by Crippen LogP contribution is 2.33. The lowest BCUT2D eigenvalue weighted by molar-refractivity contribution is 0.355. The Balaban J connectivity index is 2.22. The summed E-state index contributed by atoms with van der Waals surface area (Å²) in [6.45, 7) is 0. The maximum atomic E-state index is 5.72. The first-order chi connectivity index (χ1) is 9.72. The molecule has 0 amide bonds. The van der Waals surface area contributed by atoms with Gasteiger partial charge in [0.15, 0.2) is 17.1 Å². The fourth-order valence-corrected chi connectivity index (χ4v) is 2.04. The normalized spacial score (nSPS) is 10.7. The molecule has 0 aliphatic heterocycles. The predicted molar refractivity (Wildman–Crippen MR) is 74.6 cm³/mol. The number of nitrogen functional groups attached to an aromatic ring is 1. The van der Waals surface area contributed by atoms with Crippen LogP contribution in [0.2, 0.25) is 0 Å². The monoisotopic (exact) mass is 271 g/mol. The van der Waals surface area contributed by atoms with Crippen molar-refractivity contribution in [3.05, 3.63) is 24.5 Å². The molecule has 0 saturated heterocycles. The molecule has 3 N–H and O–H groups in total. The molecule has 0 aliphatic rings. The Kier molecular flexibility index (Phi) is 2.86. The average molecular weight is 271 g/mol. The van der Waals surface area contributed by atoms with E-state index < -0.39 is 0 Å². The van der Waals surface area contributed by atoms with Gasteiger partial charge in [-0.3, -0.25) is 0 Å². The van der Waals surface area contributed by atoms with Crippen LogP contribution < -0.4 is 15.2 Å². The summed E-state index contributed by atoms with van der Waals surface area (Å²) in [6, 6.07) is 5.53. The second-order valence-electron chi connectivity index (χ2n) is 4.10. The van der Waals surface area contributed by atoms with Crippen molar-refractivity contribution in [1.82, 2.24) is 19.9 Å². The van der Waals surface area contributed by atoms with Gasteiger partial charge in [0.25, 0.3) is 0 Å². The zero-order chi connectivity index (χ0) is 14.1. The Morgan fingerprint density at radius 3 is 2.65 bits per heavy atom. The molecular weight excluding hydrogens is 258 g/mol. The fourth-order valence-electron chi connectivity index (χ4n) is 2.04. The van der Waals surface area contributed by atoms with Crippen molar-refractivity contribution in [1.29, 1.82) is 0 Å². The van der Waals surface area contributed by atoms with Crippen LogP contribution in [0.1, 0.15) is 0 Å². The summed E-state index contributed by atoms with van der Waals surface area (Å²) < 4.78 is 10.5. The number of nitrogens with zero attached hydrogens (tertiary/aromatic N) is 3. The minimum absolute atomic E-state index is 0.175. The number of ether oxygens (including phenoxy) is 2. The smallest absolute Gasteiger partial charge is 0.222 e. The lowest BCUT2D eigenvalue weighted by Crippen LogP contribution is -1.98. The van der Waals surface area contributed by atoms with Crippen LogP contribution in [0, 0.1) is 0 Å². The number of rotatable bonds is 3. The number of hydrogen-bond acceptors (Lipinski definition) is 6. The molecule has 0 fully saturated rings. The summed E-state index contributed by atoms with van der Waals surface area (Å²) in [6.07, 6.45) is 1.56. The van der Waals surface area contributed by atoms with Crippen molar-refractivity contribution in [2.45, 2.75) is 0 Å². The predicted octanol–water partition coefficient (Wildman–Crippen LogP) is 1.62. The van der Waals surface area contributed by atoms with Gasteiger partial charge in [0.05, 0.1) is 20.5 Å². The number of nitrogens with two attached hydrogens (primary N) is 1. The van der Waals surface area contributed by atoms with E-state index in [1.54, 1.807) is 20.5 Å². The molecule has 0 unspecified atom stereocenters. The Morgan fingerprint density at radius 2 is 1.90 bits per heavy atom. The number of hydrogen-bond donors (Lipinski definition) is 2. The van der Waals surface area contributed by atoms with E-state index in [2.05, 4.69) is 19.9 Å². The first-order valence-electron chi connectivity index (χ1n) is 5.92. The van der Waals surface area contributed by atoms with Gasteiger partial charge < -0.3 is 20.2 Å². The van der Waals surface area contributed by atoms with Crippen LogP contribution in [0.3, 0.4) is 0 Å². The van der Waals surface area contributed by atoms with E-state index in [0.717, 1.165) is 11.1 Å². The lowest BCUT2D eigenvalue weighted by Gasteiger charge is -2.09. The highest BCUT2D eigenvalue weighted by molar-refractivity contribution is 5.88. The number of methoxy groups -OCH3 is 2. The topological polar surface area (TPSA) is 98.9 Å². The van der Waals surface area contributed by atoms with Gasteiger partial charge in [-0.25, -0.2) is 9.97 Å². The number of imidazole rings is 1. The molecule has 0 radical (unpaired) electrons. The third-order valence-corrected chi connectivity index (χ3v) is 2.96. The third-order valence-electron chi connectivity index (χ3n) is 2.96. The van der Waals surface area contributed by atoms with Crippen molar-refractivity contribution in [2.75, 3.05) is 20.0 Å². The van der Waals surface area contributed by atoms with E-state index in [9.17, 15) is 0 Å². The number of H-pyrrole nitrogens is 1. The molecular formula is C13H13N5O2. The highest BCUT2D eigenvalue weighted by atomic mass is 16.5. The molecule has 102 valence electrons. The Hall–Kier alpha value is -2.83. The molecule has 0 spiro atoms. The zero-order valence-electron chi connectivity index (χ0n) is 11.0. The van der Waals surface area contributed by atoms with E-state index in [1.165, 1.54) is 0 Å². The summed E-state index contributed by atoms with van der Waals surface area (Å²) in [5, 5.41) is 0. The van der Waals surface area contributed by atoms with Crippen LogP contribution in [0.4, 0.5) is 5.95 Å². The van der Waals surface area contributed by atoms with Crippen LogP contribution in [0.5, 0.6) is 11.5 Å². The second kappa shape index (κ2) is 4.69. The second-order valence-corrected chi connectivity index (χ2v) is 4.10. The molecule has 3 rings (SSSR count). The number of nitrogens with one attached hydrogen (secondary N) is 1. The number of benzene rings is 1. The van der Waals surface area contributed by atoms with Crippen LogP contribution in [-0.2, 0) is 0 Å². The van der Waals surface area contributed by atoms with Gasteiger partial charge in [0, 0.05) is 5.56 Å². The summed E-state index contributed by atoms with van der Waals surface area (Å²) in [5.74, 6) is 1.45. The van der Waals surface area contributed by atoms with Crippen molar-refractivity contribution in [2.24, 2.45) is 0 Å². The summed E-state index contributed by atoms with van der Waals surface area (Å²) in [4.78, 5) is 15.5. The third kappa shape index (κ3) is 1.89.